The number of hydrogen-bond donors (Lipinski definition) is 0. The summed E-state index contributed by atoms with van der Waals surface area (Å²) in [6, 6.07) is 26.6. The summed E-state index contributed by atoms with van der Waals surface area (Å²) in [5, 5.41) is 0. The van der Waals surface area contributed by atoms with Gasteiger partial charge in [-0.1, -0.05) is 78.9 Å². The zero-order chi connectivity index (χ0) is 19.2. The molecule has 3 aromatic carbocycles. The predicted molar refractivity (Wildman–Crippen MR) is 113 cm³/mol. The largest absolute Gasteiger partial charge is 0.308 e. The number of nitrogens with zero attached hydrogens (tertiary/aromatic N) is 1. The molecule has 0 saturated carbocycles. The van der Waals surface area contributed by atoms with Gasteiger partial charge in [0.2, 0.25) is 5.91 Å². The Morgan fingerprint density at radius 3 is 2.07 bits per heavy atom. The second-order valence-electron chi connectivity index (χ2n) is 6.83. The van der Waals surface area contributed by atoms with Gasteiger partial charge >= 0.3 is 0 Å². The quantitative estimate of drug-likeness (QED) is 0.526. The Balaban J connectivity index is 2.08. The van der Waals surface area contributed by atoms with Gasteiger partial charge in [0, 0.05) is 6.92 Å². The van der Waals surface area contributed by atoms with E-state index in [2.05, 4.69) is 50.3 Å². The van der Waals surface area contributed by atoms with E-state index < -0.39 is 0 Å². The molecule has 1 amide bonds. The number of hydrogen-bond acceptors (Lipinski definition) is 1. The van der Waals surface area contributed by atoms with Crippen molar-refractivity contribution in [1.82, 2.24) is 4.90 Å². The fourth-order valence-corrected chi connectivity index (χ4v) is 3.07. The summed E-state index contributed by atoms with van der Waals surface area (Å²) in [6.45, 7) is 6.39. The summed E-state index contributed by atoms with van der Waals surface area (Å²) in [5.74, 6) is 0.0257. The fraction of sp³-hybridized carbons (Fsp3) is 0.160. The molecule has 0 heterocycles. The lowest BCUT2D eigenvalue weighted by molar-refractivity contribution is -0.126. The average Bonchev–Trinajstić information content (AvgIpc) is 2.68. The zero-order valence-electron chi connectivity index (χ0n) is 16.1. The molecular formula is C25H25NO. The van der Waals surface area contributed by atoms with E-state index in [1.807, 2.05) is 53.4 Å². The van der Waals surface area contributed by atoms with E-state index in [1.54, 1.807) is 6.92 Å². The van der Waals surface area contributed by atoms with Gasteiger partial charge in [0.1, 0.15) is 0 Å². The van der Waals surface area contributed by atoms with Crippen LogP contribution in [0.1, 0.15) is 34.7 Å². The molecule has 0 bridgehead atoms. The number of amides is 1. The van der Waals surface area contributed by atoms with Gasteiger partial charge in [-0.3, -0.25) is 4.79 Å². The summed E-state index contributed by atoms with van der Waals surface area (Å²) < 4.78 is 0. The highest BCUT2D eigenvalue weighted by atomic mass is 16.2. The van der Waals surface area contributed by atoms with Crippen molar-refractivity contribution in [3.8, 4) is 0 Å². The topological polar surface area (TPSA) is 20.3 Å². The van der Waals surface area contributed by atoms with E-state index in [-0.39, 0.29) is 5.91 Å². The third-order valence-electron chi connectivity index (χ3n) is 4.76. The third-order valence-corrected chi connectivity index (χ3v) is 4.76. The summed E-state index contributed by atoms with van der Waals surface area (Å²) in [7, 11) is 0. The highest BCUT2D eigenvalue weighted by Crippen LogP contribution is 2.25. The standard InChI is InChI=1S/C25H25NO/c1-19-14-15-23(16-20(19)2)17-25(24-12-8-5-9-13-24)26(21(3)27)18-22-10-6-4-7-11-22/h4-17H,18H2,1-3H3/b25-17-. The first-order valence-corrected chi connectivity index (χ1v) is 9.21. The van der Waals surface area contributed by atoms with Crippen LogP contribution in [0.15, 0.2) is 78.9 Å². The molecule has 2 nitrogen and oxygen atoms in total. The Morgan fingerprint density at radius 2 is 1.48 bits per heavy atom. The molecule has 0 atom stereocenters. The molecule has 3 rings (SSSR count). The maximum atomic E-state index is 12.6. The van der Waals surface area contributed by atoms with Crippen LogP contribution >= 0.6 is 0 Å². The molecule has 0 radical (unpaired) electrons. The van der Waals surface area contributed by atoms with Crippen molar-refractivity contribution in [1.29, 1.82) is 0 Å². The van der Waals surface area contributed by atoms with Gasteiger partial charge in [-0.2, -0.15) is 0 Å². The first-order chi connectivity index (χ1) is 13.0. The maximum absolute atomic E-state index is 12.6. The molecule has 0 aromatic heterocycles. The molecule has 0 unspecified atom stereocenters. The molecule has 0 aliphatic rings. The molecule has 2 heteroatoms. The van der Waals surface area contributed by atoms with Crippen molar-refractivity contribution in [2.45, 2.75) is 27.3 Å². The second-order valence-corrected chi connectivity index (χ2v) is 6.83. The van der Waals surface area contributed by atoms with Crippen molar-refractivity contribution in [3.05, 3.63) is 107 Å². The average molecular weight is 355 g/mol. The van der Waals surface area contributed by atoms with E-state index in [4.69, 9.17) is 0 Å². The molecule has 0 fully saturated rings. The van der Waals surface area contributed by atoms with Crippen LogP contribution in [0, 0.1) is 13.8 Å². The summed E-state index contributed by atoms with van der Waals surface area (Å²) in [4.78, 5) is 14.4. The minimum atomic E-state index is 0.0257. The lowest BCUT2D eigenvalue weighted by atomic mass is 10.0. The smallest absolute Gasteiger partial charge is 0.224 e. The predicted octanol–water partition coefficient (Wildman–Crippen LogP) is 5.85. The number of aryl methyl sites for hydroxylation is 2. The van der Waals surface area contributed by atoms with E-state index in [0.29, 0.717) is 6.54 Å². The number of carbonyl (C=O) groups is 1. The number of carbonyl (C=O) groups excluding carboxylic acids is 1. The van der Waals surface area contributed by atoms with Gasteiger partial charge < -0.3 is 4.90 Å². The first kappa shape index (κ1) is 18.7. The second kappa shape index (κ2) is 8.50. The van der Waals surface area contributed by atoms with Crippen LogP contribution < -0.4 is 0 Å². The van der Waals surface area contributed by atoms with E-state index in [9.17, 15) is 4.79 Å². The molecule has 0 aliphatic heterocycles. The van der Waals surface area contributed by atoms with Crippen LogP contribution in [0.5, 0.6) is 0 Å². The highest BCUT2D eigenvalue weighted by molar-refractivity contribution is 5.91. The normalized spacial score (nSPS) is 11.3. The van der Waals surface area contributed by atoms with E-state index in [1.165, 1.54) is 11.1 Å². The highest BCUT2D eigenvalue weighted by Gasteiger charge is 2.17. The molecule has 27 heavy (non-hydrogen) atoms. The van der Waals surface area contributed by atoms with Crippen molar-refractivity contribution in [2.24, 2.45) is 0 Å². The van der Waals surface area contributed by atoms with Crippen molar-refractivity contribution in [2.75, 3.05) is 0 Å². The van der Waals surface area contributed by atoms with Gasteiger partial charge in [0.15, 0.2) is 0 Å². The van der Waals surface area contributed by atoms with Gasteiger partial charge in [0.25, 0.3) is 0 Å². The van der Waals surface area contributed by atoms with Gasteiger partial charge in [0.05, 0.1) is 12.2 Å². The molecule has 136 valence electrons. The van der Waals surface area contributed by atoms with Gasteiger partial charge in [-0.25, -0.2) is 0 Å². The SMILES string of the molecule is CC(=O)N(Cc1ccccc1)/C(=C\c1ccc(C)c(C)c1)c1ccccc1. The fourth-order valence-electron chi connectivity index (χ4n) is 3.07. The van der Waals surface area contributed by atoms with Crippen LogP contribution in [0.3, 0.4) is 0 Å². The minimum absolute atomic E-state index is 0.0257. The number of benzene rings is 3. The van der Waals surface area contributed by atoms with Gasteiger partial charge in [-0.05, 0) is 47.7 Å². The number of rotatable bonds is 5. The molecule has 0 saturated heterocycles. The lowest BCUT2D eigenvalue weighted by Gasteiger charge is -2.25. The van der Waals surface area contributed by atoms with Crippen molar-refractivity contribution < 1.29 is 4.79 Å². The van der Waals surface area contributed by atoms with E-state index in [0.717, 1.165) is 22.4 Å². The maximum Gasteiger partial charge on any atom is 0.224 e. The van der Waals surface area contributed by atoms with Crippen LogP contribution in [0.25, 0.3) is 11.8 Å². The lowest BCUT2D eigenvalue weighted by Crippen LogP contribution is -2.26. The monoisotopic (exact) mass is 355 g/mol. The van der Waals surface area contributed by atoms with Crippen LogP contribution in [-0.4, -0.2) is 10.8 Å². The van der Waals surface area contributed by atoms with Crippen molar-refractivity contribution >= 4 is 17.7 Å². The Morgan fingerprint density at radius 1 is 0.852 bits per heavy atom. The summed E-state index contributed by atoms with van der Waals surface area (Å²) in [5.41, 5.74) is 6.65. The molecular weight excluding hydrogens is 330 g/mol. The molecule has 3 aromatic rings. The Kier molecular flexibility index (Phi) is 5.87. The Labute approximate surface area is 161 Å². The van der Waals surface area contributed by atoms with Crippen LogP contribution in [-0.2, 0) is 11.3 Å². The van der Waals surface area contributed by atoms with Crippen LogP contribution in [0.2, 0.25) is 0 Å². The Bertz CT molecular complexity index is 943. The molecule has 0 spiro atoms. The molecule has 0 N–H and O–H groups in total. The third kappa shape index (κ3) is 4.73. The summed E-state index contributed by atoms with van der Waals surface area (Å²) in [6.07, 6.45) is 2.10. The first-order valence-electron chi connectivity index (χ1n) is 9.21. The zero-order valence-corrected chi connectivity index (χ0v) is 16.1. The molecule has 0 aliphatic carbocycles. The van der Waals surface area contributed by atoms with Gasteiger partial charge in [-0.15, -0.1) is 0 Å². The minimum Gasteiger partial charge on any atom is -0.308 e. The van der Waals surface area contributed by atoms with E-state index >= 15 is 0 Å². The van der Waals surface area contributed by atoms with Crippen LogP contribution in [0.4, 0.5) is 0 Å². The Hall–Kier alpha value is -3.13. The van der Waals surface area contributed by atoms with Crippen molar-refractivity contribution in [3.63, 3.8) is 0 Å². The summed E-state index contributed by atoms with van der Waals surface area (Å²) >= 11 is 0.